The summed E-state index contributed by atoms with van der Waals surface area (Å²) in [5, 5.41) is 19.1. The van der Waals surface area contributed by atoms with Crippen molar-refractivity contribution < 1.29 is 9.52 Å². The van der Waals surface area contributed by atoms with E-state index in [4.69, 9.17) is 11.0 Å². The summed E-state index contributed by atoms with van der Waals surface area (Å²) >= 11 is 0. The lowest BCUT2D eigenvalue weighted by Crippen LogP contribution is -2.12. The number of furan rings is 1. The van der Waals surface area contributed by atoms with Gasteiger partial charge in [-0.1, -0.05) is 152 Å². The summed E-state index contributed by atoms with van der Waals surface area (Å²) in [6, 6.07) is 78.6. The Morgan fingerprint density at radius 2 is 0.972 bits per heavy atom. The van der Waals surface area contributed by atoms with Crippen molar-refractivity contribution in [2.45, 2.75) is 0 Å². The fourth-order valence-corrected chi connectivity index (χ4v) is 11.0. The van der Waals surface area contributed by atoms with Gasteiger partial charge in [0, 0.05) is 55.3 Å². The Bertz CT molecular complexity index is 4380. The normalized spacial score (nSPS) is 14.1. The summed E-state index contributed by atoms with van der Waals surface area (Å²) in [7, 11) is 0. The van der Waals surface area contributed by atoms with Crippen molar-refractivity contribution >= 4 is 88.1 Å². The maximum absolute atomic E-state index is 12.2. The van der Waals surface area contributed by atoms with Crippen LogP contribution in [-0.2, 0) is 0 Å². The van der Waals surface area contributed by atoms with Crippen molar-refractivity contribution in [3.05, 3.63) is 261 Å². The second kappa shape index (κ2) is 16.0. The Labute approximate surface area is 409 Å². The fourth-order valence-electron chi connectivity index (χ4n) is 11.0. The minimum atomic E-state index is 0.198. The number of fused-ring (bicyclic) bond motifs is 10. The number of phenolic OH excluding ortho intramolecular Hbond substituents is 1. The molecule has 1 aliphatic rings. The highest BCUT2D eigenvalue weighted by Crippen LogP contribution is 2.46. The topological polar surface area (TPSA) is 46.5 Å². The maximum Gasteiger partial charge on any atom is 0.159 e. The molecular weight excluding hydrogens is 867 g/mol. The van der Waals surface area contributed by atoms with Crippen LogP contribution in [-0.4, -0.2) is 14.2 Å². The van der Waals surface area contributed by atoms with Crippen molar-refractivity contribution in [2.75, 3.05) is 4.90 Å². The van der Waals surface area contributed by atoms with Crippen LogP contribution in [0.2, 0.25) is 0 Å². The Morgan fingerprint density at radius 3 is 1.76 bits per heavy atom. The molecule has 334 valence electrons. The van der Waals surface area contributed by atoms with Gasteiger partial charge in [0.1, 0.15) is 11.3 Å². The molecule has 0 bridgehead atoms. The second-order valence-corrected chi connectivity index (χ2v) is 18.3. The van der Waals surface area contributed by atoms with Crippen LogP contribution in [0.3, 0.4) is 0 Å². The van der Waals surface area contributed by atoms with Gasteiger partial charge in [-0.3, -0.25) is 0 Å². The predicted molar refractivity (Wildman–Crippen MR) is 296 cm³/mol. The Hall–Kier alpha value is -9.58. The Balaban J connectivity index is 0.937. The second-order valence-electron chi connectivity index (χ2n) is 18.3. The van der Waals surface area contributed by atoms with Gasteiger partial charge in [0.15, 0.2) is 5.58 Å². The average molecular weight is 910 g/mol. The summed E-state index contributed by atoms with van der Waals surface area (Å²) in [4.78, 5) is 2.11. The van der Waals surface area contributed by atoms with Gasteiger partial charge in [0.05, 0.1) is 39.1 Å². The van der Waals surface area contributed by atoms with Crippen molar-refractivity contribution in [2.24, 2.45) is 0 Å². The van der Waals surface area contributed by atoms with Crippen LogP contribution < -0.4 is 4.90 Å². The molecule has 0 atom stereocenters. The van der Waals surface area contributed by atoms with E-state index >= 15 is 0 Å². The summed E-state index contributed by atoms with van der Waals surface area (Å²) < 4.78 is 11.3. The number of allylic oxidation sites excluding steroid dienone is 4. The minimum Gasteiger partial charge on any atom is -0.505 e. The number of hydrogen-bond donors (Lipinski definition) is 1. The number of nitrogens with zero attached hydrogens (tertiary/aromatic N) is 3. The summed E-state index contributed by atoms with van der Waals surface area (Å²) in [5.74, 6) is 0.198. The number of anilines is 2. The van der Waals surface area contributed by atoms with E-state index in [0.29, 0.717) is 5.69 Å². The smallest absolute Gasteiger partial charge is 0.159 e. The zero-order valence-electron chi connectivity index (χ0n) is 38.5. The molecular formula is C66H43N3O2. The largest absolute Gasteiger partial charge is 0.505 e. The predicted octanol–water partition coefficient (Wildman–Crippen LogP) is 17.6. The molecule has 4 heterocycles. The van der Waals surface area contributed by atoms with Gasteiger partial charge < -0.3 is 23.6 Å². The highest BCUT2D eigenvalue weighted by Gasteiger charge is 2.23. The van der Waals surface area contributed by atoms with Crippen LogP contribution >= 0.6 is 0 Å². The SMILES string of the molecule is C=C1/C=C(c2ccc3c(c2)c2ccccc2n3-c2cccc3c2oc2ccccc23)\C=C/N(c2cccc(-c3ccccc3)c2O)c2ccc(-c3ccc4c(c3)c3ccccc3n4-c3ccccc3)cc21. The van der Waals surface area contributed by atoms with Crippen LogP contribution in [0.25, 0.3) is 110 Å². The maximum atomic E-state index is 12.2. The van der Waals surface area contributed by atoms with Gasteiger partial charge in [-0.15, -0.1) is 0 Å². The molecule has 0 radical (unpaired) electrons. The molecule has 0 saturated carbocycles. The first-order valence-electron chi connectivity index (χ1n) is 24.0. The lowest BCUT2D eigenvalue weighted by atomic mass is 9.92. The average Bonchev–Trinajstić information content (AvgIpc) is 4.08. The quantitative estimate of drug-likeness (QED) is 0.181. The van der Waals surface area contributed by atoms with Gasteiger partial charge >= 0.3 is 0 Å². The zero-order valence-corrected chi connectivity index (χ0v) is 38.5. The Kier molecular flexibility index (Phi) is 9.13. The molecule has 0 amide bonds. The molecule has 5 nitrogen and oxygen atoms in total. The van der Waals surface area contributed by atoms with E-state index in [1.54, 1.807) is 0 Å². The first kappa shape index (κ1) is 40.5. The molecule has 0 fully saturated rings. The lowest BCUT2D eigenvalue weighted by Gasteiger charge is -2.28. The third-order valence-electron chi connectivity index (χ3n) is 14.3. The number of aromatic nitrogens is 2. The van der Waals surface area contributed by atoms with Gasteiger partial charge in [-0.05, 0) is 124 Å². The zero-order chi connectivity index (χ0) is 47.2. The highest BCUT2D eigenvalue weighted by atomic mass is 16.3. The van der Waals surface area contributed by atoms with Crippen molar-refractivity contribution in [1.82, 2.24) is 9.13 Å². The molecule has 0 unspecified atom stereocenters. The van der Waals surface area contributed by atoms with Crippen molar-refractivity contribution in [3.8, 4) is 39.4 Å². The van der Waals surface area contributed by atoms with Crippen molar-refractivity contribution in [3.63, 3.8) is 0 Å². The van der Waals surface area contributed by atoms with E-state index in [2.05, 4.69) is 196 Å². The lowest BCUT2D eigenvalue weighted by molar-refractivity contribution is 0.478. The molecule has 0 aliphatic carbocycles. The van der Waals surface area contributed by atoms with Gasteiger partial charge in [-0.25, -0.2) is 0 Å². The minimum absolute atomic E-state index is 0.198. The molecule has 0 saturated heterocycles. The van der Waals surface area contributed by atoms with E-state index in [9.17, 15) is 5.11 Å². The first-order chi connectivity index (χ1) is 35.1. The summed E-state index contributed by atoms with van der Waals surface area (Å²) in [6.07, 6.45) is 6.42. The van der Waals surface area contributed by atoms with E-state index in [-0.39, 0.29) is 5.75 Å². The molecule has 1 N–H and O–H groups in total. The molecule has 13 aromatic rings. The number of benzene rings is 10. The van der Waals surface area contributed by atoms with Crippen LogP contribution in [0.4, 0.5) is 11.4 Å². The standard InChI is InChI=1S/C66H43N3O2/c1-42-38-47(46-32-35-61-56(41-46)51-21-9-12-26-59(51)69(61)63-28-15-24-53-52-22-10-13-29-64(52)71-66(53)63)36-37-67(62-27-14-23-49(65(62)70)43-16-4-2-5-17-43)57-33-30-44(39-54(42)57)45-31-34-60-55(40-45)50-20-8-11-25-58(50)68(60)48-18-6-3-7-19-48/h2-41,70H,1H2/b37-36-,47-38+. The summed E-state index contributed by atoms with van der Waals surface area (Å²) in [6.45, 7) is 4.80. The van der Waals surface area contributed by atoms with Crippen LogP contribution in [0.15, 0.2) is 254 Å². The molecule has 14 rings (SSSR count). The van der Waals surface area contributed by atoms with E-state index < -0.39 is 0 Å². The van der Waals surface area contributed by atoms with Gasteiger partial charge in [0.2, 0.25) is 0 Å². The first-order valence-corrected chi connectivity index (χ1v) is 24.0. The van der Waals surface area contributed by atoms with Crippen molar-refractivity contribution in [1.29, 1.82) is 0 Å². The van der Waals surface area contributed by atoms with E-state index in [1.807, 2.05) is 60.7 Å². The number of hydrogen-bond acceptors (Lipinski definition) is 3. The molecule has 10 aromatic carbocycles. The monoisotopic (exact) mass is 909 g/mol. The number of phenols is 1. The Morgan fingerprint density at radius 1 is 0.394 bits per heavy atom. The van der Waals surface area contributed by atoms with E-state index in [0.717, 1.165) is 111 Å². The molecule has 3 aromatic heterocycles. The molecule has 5 heteroatoms. The number of para-hydroxylation sites is 6. The van der Waals surface area contributed by atoms with Crippen LogP contribution in [0.1, 0.15) is 11.1 Å². The highest BCUT2D eigenvalue weighted by molar-refractivity contribution is 6.14. The van der Waals surface area contributed by atoms with Crippen LogP contribution in [0, 0.1) is 0 Å². The molecule has 0 spiro atoms. The number of aromatic hydroxyl groups is 1. The summed E-state index contributed by atoms with van der Waals surface area (Å²) in [5.41, 5.74) is 17.7. The van der Waals surface area contributed by atoms with E-state index in [1.165, 1.54) is 16.3 Å². The molecule has 71 heavy (non-hydrogen) atoms. The molecule has 1 aliphatic heterocycles. The third-order valence-corrected chi connectivity index (χ3v) is 14.3. The number of rotatable bonds is 6. The third kappa shape index (κ3) is 6.41. The van der Waals surface area contributed by atoms with Crippen LogP contribution in [0.5, 0.6) is 5.75 Å². The van der Waals surface area contributed by atoms with Gasteiger partial charge in [0.25, 0.3) is 0 Å². The fraction of sp³-hybridized carbons (Fsp3) is 0. The van der Waals surface area contributed by atoms with Gasteiger partial charge in [-0.2, -0.15) is 0 Å².